The molecule has 1 amide bonds. The van der Waals surface area contributed by atoms with Crippen LogP contribution in [0.2, 0.25) is 0 Å². The third-order valence-corrected chi connectivity index (χ3v) is 4.43. The second kappa shape index (κ2) is 6.99. The molecule has 0 aromatic heterocycles. The minimum atomic E-state index is -0.870. The van der Waals surface area contributed by atoms with E-state index in [1.165, 1.54) is 17.7 Å². The van der Waals surface area contributed by atoms with Gasteiger partial charge in [-0.15, -0.1) is 0 Å². The van der Waals surface area contributed by atoms with Gasteiger partial charge in [0, 0.05) is 43.5 Å². The van der Waals surface area contributed by atoms with Crippen molar-refractivity contribution in [2.45, 2.75) is 19.8 Å². The van der Waals surface area contributed by atoms with Crippen LogP contribution >= 0.6 is 0 Å². The Morgan fingerprint density at radius 3 is 2.71 bits per heavy atom. The molecule has 0 aliphatic carbocycles. The Kier molecular flexibility index (Phi) is 4.79. The van der Waals surface area contributed by atoms with E-state index in [4.69, 9.17) is 0 Å². The molecule has 0 unspecified atom stereocenters. The Labute approximate surface area is 140 Å². The second-order valence-electron chi connectivity index (χ2n) is 5.85. The molecule has 0 bridgehead atoms. The van der Waals surface area contributed by atoms with E-state index in [1.807, 2.05) is 41.0 Å². The van der Waals surface area contributed by atoms with Crippen LogP contribution in [0.1, 0.15) is 18.9 Å². The van der Waals surface area contributed by atoms with Crippen molar-refractivity contribution in [1.29, 1.82) is 0 Å². The highest BCUT2D eigenvalue weighted by atomic mass is 19.2. The van der Waals surface area contributed by atoms with Crippen LogP contribution in [0.4, 0.5) is 20.2 Å². The zero-order valence-corrected chi connectivity index (χ0v) is 13.6. The van der Waals surface area contributed by atoms with Crippen molar-refractivity contribution in [3.8, 4) is 0 Å². The summed E-state index contributed by atoms with van der Waals surface area (Å²) in [5, 5.41) is 0. The lowest BCUT2D eigenvalue weighted by Gasteiger charge is -2.24. The van der Waals surface area contributed by atoms with E-state index in [0.29, 0.717) is 31.7 Å². The van der Waals surface area contributed by atoms with Gasteiger partial charge in [0.15, 0.2) is 11.6 Å². The number of carbonyl (C=O) groups is 1. The van der Waals surface area contributed by atoms with Gasteiger partial charge in [0.05, 0.1) is 0 Å². The number of hydrogen-bond acceptors (Lipinski definition) is 2. The number of rotatable bonds is 5. The van der Waals surface area contributed by atoms with Crippen molar-refractivity contribution in [3.63, 3.8) is 0 Å². The smallest absolute Gasteiger partial charge is 0.228 e. The zero-order valence-electron chi connectivity index (χ0n) is 13.6. The van der Waals surface area contributed by atoms with Crippen molar-refractivity contribution in [2.24, 2.45) is 0 Å². The lowest BCUT2D eigenvalue weighted by Crippen LogP contribution is -2.33. The number of amides is 1. The van der Waals surface area contributed by atoms with Crippen LogP contribution in [0.15, 0.2) is 42.5 Å². The quantitative estimate of drug-likeness (QED) is 0.833. The third-order valence-electron chi connectivity index (χ3n) is 4.43. The first kappa shape index (κ1) is 16.4. The lowest BCUT2D eigenvalue weighted by atomic mass is 10.2. The van der Waals surface area contributed by atoms with Gasteiger partial charge in [0.2, 0.25) is 5.91 Å². The van der Waals surface area contributed by atoms with Gasteiger partial charge in [-0.1, -0.05) is 18.2 Å². The molecule has 0 saturated carbocycles. The van der Waals surface area contributed by atoms with E-state index in [0.717, 1.165) is 18.2 Å². The molecule has 2 aromatic rings. The summed E-state index contributed by atoms with van der Waals surface area (Å²) in [6.45, 7) is 3.72. The monoisotopic (exact) mass is 330 g/mol. The van der Waals surface area contributed by atoms with Crippen LogP contribution in [0.3, 0.4) is 0 Å². The molecule has 0 saturated heterocycles. The summed E-state index contributed by atoms with van der Waals surface area (Å²) in [5.74, 6) is -1.67. The average molecular weight is 330 g/mol. The minimum absolute atomic E-state index is 0.0565. The fourth-order valence-electron chi connectivity index (χ4n) is 3.11. The largest absolute Gasteiger partial charge is 0.371 e. The molecule has 3 rings (SSSR count). The fraction of sp³-hybridized carbons (Fsp3) is 0.316. The lowest BCUT2D eigenvalue weighted by molar-refractivity contribution is -0.118. The maximum atomic E-state index is 13.4. The van der Waals surface area contributed by atoms with Crippen molar-refractivity contribution in [3.05, 3.63) is 59.7 Å². The Bertz CT molecular complexity index is 748. The molecule has 1 heterocycles. The Morgan fingerprint density at radius 2 is 1.96 bits per heavy atom. The van der Waals surface area contributed by atoms with Gasteiger partial charge in [-0.05, 0) is 37.1 Å². The van der Waals surface area contributed by atoms with Crippen molar-refractivity contribution >= 4 is 17.3 Å². The van der Waals surface area contributed by atoms with Gasteiger partial charge >= 0.3 is 0 Å². The topological polar surface area (TPSA) is 23.6 Å². The second-order valence-corrected chi connectivity index (χ2v) is 5.85. The van der Waals surface area contributed by atoms with Crippen molar-refractivity contribution in [2.75, 3.05) is 29.4 Å². The summed E-state index contributed by atoms with van der Waals surface area (Å²) in [7, 11) is 0. The Morgan fingerprint density at radius 1 is 1.17 bits per heavy atom. The van der Waals surface area contributed by atoms with Gasteiger partial charge in [0.1, 0.15) is 0 Å². The molecule has 126 valence electrons. The maximum Gasteiger partial charge on any atom is 0.228 e. The van der Waals surface area contributed by atoms with Gasteiger partial charge in [-0.2, -0.15) is 0 Å². The molecule has 0 atom stereocenters. The van der Waals surface area contributed by atoms with Crippen LogP contribution in [-0.4, -0.2) is 25.5 Å². The van der Waals surface area contributed by atoms with E-state index < -0.39 is 11.6 Å². The SMILES string of the molecule is CCN(CCC(=O)N1CCc2ccccc21)c1ccc(F)c(F)c1. The number of carbonyl (C=O) groups excluding carboxylic acids is 1. The van der Waals surface area contributed by atoms with E-state index >= 15 is 0 Å². The molecular weight excluding hydrogens is 310 g/mol. The number of anilines is 2. The van der Waals surface area contributed by atoms with Crippen molar-refractivity contribution in [1.82, 2.24) is 0 Å². The van der Waals surface area contributed by atoms with Gasteiger partial charge in [0.25, 0.3) is 0 Å². The van der Waals surface area contributed by atoms with Crippen molar-refractivity contribution < 1.29 is 13.6 Å². The molecule has 0 radical (unpaired) electrons. The highest BCUT2D eigenvalue weighted by Gasteiger charge is 2.24. The fourth-order valence-corrected chi connectivity index (χ4v) is 3.11. The molecule has 0 spiro atoms. The van der Waals surface area contributed by atoms with Gasteiger partial charge in [-0.3, -0.25) is 4.79 Å². The Balaban J connectivity index is 1.66. The van der Waals surface area contributed by atoms with Crippen LogP contribution in [0.25, 0.3) is 0 Å². The molecular formula is C19H20F2N2O. The number of halogens is 2. The summed E-state index contributed by atoms with van der Waals surface area (Å²) in [4.78, 5) is 16.2. The Hall–Kier alpha value is -2.43. The summed E-state index contributed by atoms with van der Waals surface area (Å²) in [6, 6.07) is 11.8. The summed E-state index contributed by atoms with van der Waals surface area (Å²) < 4.78 is 26.5. The normalized spacial score (nSPS) is 13.0. The van der Waals surface area contributed by atoms with Crippen LogP contribution in [0, 0.1) is 11.6 Å². The molecule has 0 N–H and O–H groups in total. The first-order chi connectivity index (χ1) is 11.6. The standard InChI is InChI=1S/C19H20F2N2O/c1-2-22(15-7-8-16(20)17(21)13-15)11-10-19(24)23-12-9-14-5-3-4-6-18(14)23/h3-8,13H,2,9-12H2,1H3. The zero-order chi connectivity index (χ0) is 17.1. The molecule has 24 heavy (non-hydrogen) atoms. The van der Waals surface area contributed by atoms with Crippen LogP contribution in [-0.2, 0) is 11.2 Å². The number of fused-ring (bicyclic) bond motifs is 1. The predicted octanol–water partition coefficient (Wildman–Crippen LogP) is 3.77. The molecule has 1 aliphatic heterocycles. The highest BCUT2D eigenvalue weighted by Crippen LogP contribution is 2.28. The highest BCUT2D eigenvalue weighted by molar-refractivity contribution is 5.95. The van der Waals surface area contributed by atoms with Crippen LogP contribution < -0.4 is 9.80 Å². The number of nitrogens with zero attached hydrogens (tertiary/aromatic N) is 2. The first-order valence-corrected chi connectivity index (χ1v) is 8.18. The molecule has 1 aliphatic rings. The molecule has 5 heteroatoms. The van der Waals surface area contributed by atoms with Crippen LogP contribution in [0.5, 0.6) is 0 Å². The molecule has 0 fully saturated rings. The molecule has 2 aromatic carbocycles. The van der Waals surface area contributed by atoms with Gasteiger partial charge in [-0.25, -0.2) is 8.78 Å². The van der Waals surface area contributed by atoms with E-state index in [-0.39, 0.29) is 5.91 Å². The summed E-state index contributed by atoms with van der Waals surface area (Å²) in [6.07, 6.45) is 1.21. The van der Waals surface area contributed by atoms with E-state index in [2.05, 4.69) is 0 Å². The maximum absolute atomic E-state index is 13.4. The number of para-hydroxylation sites is 1. The third kappa shape index (κ3) is 3.25. The summed E-state index contributed by atoms with van der Waals surface area (Å²) >= 11 is 0. The average Bonchev–Trinajstić information content (AvgIpc) is 3.02. The number of hydrogen-bond donors (Lipinski definition) is 0. The predicted molar refractivity (Wildman–Crippen MR) is 91.4 cm³/mol. The minimum Gasteiger partial charge on any atom is -0.371 e. The van der Waals surface area contributed by atoms with Gasteiger partial charge < -0.3 is 9.80 Å². The van der Waals surface area contributed by atoms with E-state index in [1.54, 1.807) is 0 Å². The number of benzene rings is 2. The first-order valence-electron chi connectivity index (χ1n) is 8.18. The summed E-state index contributed by atoms with van der Waals surface area (Å²) in [5.41, 5.74) is 2.77. The van der Waals surface area contributed by atoms with E-state index in [9.17, 15) is 13.6 Å². The molecule has 3 nitrogen and oxygen atoms in total.